The van der Waals surface area contributed by atoms with Crippen molar-refractivity contribution >= 4 is 5.78 Å². The summed E-state index contributed by atoms with van der Waals surface area (Å²) in [5, 5.41) is 10.2. The molecule has 0 aromatic heterocycles. The third-order valence-corrected chi connectivity index (χ3v) is 4.97. The molecule has 0 aliphatic heterocycles. The summed E-state index contributed by atoms with van der Waals surface area (Å²) in [4.78, 5) is 12.3. The van der Waals surface area contributed by atoms with Gasteiger partial charge in [-0.2, -0.15) is 0 Å². The van der Waals surface area contributed by atoms with Crippen LogP contribution in [0.25, 0.3) is 0 Å². The maximum Gasteiger partial charge on any atom is 0.165 e. The van der Waals surface area contributed by atoms with Crippen molar-refractivity contribution in [3.8, 4) is 0 Å². The predicted octanol–water partition coefficient (Wildman–Crippen LogP) is 3.23. The van der Waals surface area contributed by atoms with Crippen molar-refractivity contribution in [1.82, 2.24) is 0 Å². The van der Waals surface area contributed by atoms with E-state index in [1.807, 2.05) is 0 Å². The molecule has 1 unspecified atom stereocenters. The van der Waals surface area contributed by atoms with Crippen LogP contribution in [0.2, 0.25) is 0 Å². The number of ketones is 1. The second-order valence-electron chi connectivity index (χ2n) is 6.44. The Morgan fingerprint density at radius 1 is 1.10 bits per heavy atom. The number of carbonyl (C=O) groups excluding carboxylic acids is 1. The van der Waals surface area contributed by atoms with Crippen LogP contribution in [-0.2, 0) is 24.1 Å². The molecule has 2 heteroatoms. The largest absolute Gasteiger partial charge is 0.385 e. The fourth-order valence-corrected chi connectivity index (χ4v) is 3.75. The molecular weight excluding hydrogens is 248 g/mol. The van der Waals surface area contributed by atoms with Gasteiger partial charge in [0.15, 0.2) is 5.78 Å². The van der Waals surface area contributed by atoms with Crippen LogP contribution in [0.1, 0.15) is 55.2 Å². The van der Waals surface area contributed by atoms with E-state index in [0.717, 1.165) is 37.7 Å². The van der Waals surface area contributed by atoms with Crippen LogP contribution in [0.15, 0.2) is 18.2 Å². The van der Waals surface area contributed by atoms with Crippen LogP contribution >= 0.6 is 0 Å². The molecule has 1 N–H and O–H groups in total. The number of aryl methyl sites for hydroxylation is 2. The third-order valence-electron chi connectivity index (χ3n) is 4.97. The van der Waals surface area contributed by atoms with Gasteiger partial charge in [-0.25, -0.2) is 0 Å². The van der Waals surface area contributed by atoms with Crippen LogP contribution in [0.3, 0.4) is 0 Å². The predicted molar refractivity (Wildman–Crippen MR) is 79.8 cm³/mol. The lowest BCUT2D eigenvalue weighted by Gasteiger charge is -2.25. The first-order chi connectivity index (χ1) is 9.74. The zero-order valence-corrected chi connectivity index (χ0v) is 12.1. The molecule has 1 aromatic rings. The van der Waals surface area contributed by atoms with Gasteiger partial charge in [0.2, 0.25) is 0 Å². The first-order valence-electron chi connectivity index (χ1n) is 8.05. The lowest BCUT2D eigenvalue weighted by Crippen LogP contribution is -2.32. The molecule has 20 heavy (non-hydrogen) atoms. The number of benzene rings is 1. The molecule has 0 saturated heterocycles. The Morgan fingerprint density at radius 2 is 1.85 bits per heavy atom. The average Bonchev–Trinajstić information content (AvgIpc) is 2.95. The lowest BCUT2D eigenvalue weighted by molar-refractivity contribution is -0.129. The van der Waals surface area contributed by atoms with Gasteiger partial charge in [-0.05, 0) is 54.7 Å². The number of aliphatic hydroxyl groups is 1. The molecule has 0 amide bonds. The van der Waals surface area contributed by atoms with E-state index < -0.39 is 6.10 Å². The van der Waals surface area contributed by atoms with Gasteiger partial charge in [0, 0.05) is 6.42 Å². The van der Waals surface area contributed by atoms with Crippen molar-refractivity contribution in [2.45, 2.75) is 63.9 Å². The molecule has 1 aromatic carbocycles. The minimum atomic E-state index is -0.747. The molecule has 2 nitrogen and oxygen atoms in total. The van der Waals surface area contributed by atoms with E-state index in [2.05, 4.69) is 18.2 Å². The summed E-state index contributed by atoms with van der Waals surface area (Å²) in [5.74, 6) is 0.209. The van der Waals surface area contributed by atoms with E-state index in [0.29, 0.717) is 6.42 Å². The Kier molecular flexibility index (Phi) is 4.21. The van der Waals surface area contributed by atoms with Crippen molar-refractivity contribution in [3.63, 3.8) is 0 Å². The smallest absolute Gasteiger partial charge is 0.165 e. The molecule has 1 fully saturated rings. The highest BCUT2D eigenvalue weighted by Gasteiger charge is 2.27. The number of hydrogen-bond acceptors (Lipinski definition) is 2. The monoisotopic (exact) mass is 272 g/mol. The topological polar surface area (TPSA) is 37.3 Å². The van der Waals surface area contributed by atoms with E-state index in [-0.39, 0.29) is 11.7 Å². The van der Waals surface area contributed by atoms with Gasteiger partial charge < -0.3 is 5.11 Å². The molecule has 1 atom stereocenters. The van der Waals surface area contributed by atoms with Gasteiger partial charge in [-0.3, -0.25) is 4.79 Å². The van der Waals surface area contributed by atoms with Crippen LogP contribution in [0.4, 0.5) is 0 Å². The summed E-state index contributed by atoms with van der Waals surface area (Å²) >= 11 is 0. The molecule has 0 heterocycles. The second kappa shape index (κ2) is 6.09. The molecule has 0 bridgehead atoms. The Balaban J connectivity index is 1.63. The summed E-state index contributed by atoms with van der Waals surface area (Å²) in [6, 6.07) is 6.40. The Bertz CT molecular complexity index is 486. The number of rotatable bonds is 4. The summed E-state index contributed by atoms with van der Waals surface area (Å²) in [6.07, 6.45) is 8.79. The average molecular weight is 272 g/mol. The quantitative estimate of drug-likeness (QED) is 0.913. The fourth-order valence-electron chi connectivity index (χ4n) is 3.75. The molecule has 0 radical (unpaired) electrons. The van der Waals surface area contributed by atoms with Gasteiger partial charge >= 0.3 is 0 Å². The SMILES string of the molecule is O=C(Cc1ccc2c(c1)CCC2)C(O)C1CCCCC1. The molecule has 0 spiro atoms. The lowest BCUT2D eigenvalue weighted by atomic mass is 9.83. The summed E-state index contributed by atoms with van der Waals surface area (Å²) in [7, 11) is 0. The normalized spacial score (nSPS) is 20.6. The van der Waals surface area contributed by atoms with E-state index in [1.54, 1.807) is 0 Å². The Morgan fingerprint density at radius 3 is 2.65 bits per heavy atom. The van der Waals surface area contributed by atoms with Crippen molar-refractivity contribution in [2.24, 2.45) is 5.92 Å². The first kappa shape index (κ1) is 13.8. The third kappa shape index (κ3) is 2.95. The van der Waals surface area contributed by atoms with Crippen molar-refractivity contribution < 1.29 is 9.90 Å². The Labute approximate surface area is 121 Å². The van der Waals surface area contributed by atoms with Crippen molar-refractivity contribution in [2.75, 3.05) is 0 Å². The van der Waals surface area contributed by atoms with E-state index in [1.165, 1.54) is 30.4 Å². The van der Waals surface area contributed by atoms with E-state index in [4.69, 9.17) is 0 Å². The highest BCUT2D eigenvalue weighted by Crippen LogP contribution is 2.28. The zero-order valence-electron chi connectivity index (χ0n) is 12.1. The van der Waals surface area contributed by atoms with Gasteiger partial charge in [-0.15, -0.1) is 0 Å². The maximum atomic E-state index is 12.3. The summed E-state index contributed by atoms with van der Waals surface area (Å²) < 4.78 is 0. The minimum absolute atomic E-state index is 0.00912. The van der Waals surface area contributed by atoms with E-state index in [9.17, 15) is 9.90 Å². The first-order valence-corrected chi connectivity index (χ1v) is 8.05. The molecule has 1 saturated carbocycles. The van der Waals surface area contributed by atoms with Crippen LogP contribution in [-0.4, -0.2) is 17.0 Å². The van der Waals surface area contributed by atoms with Gasteiger partial charge in [0.1, 0.15) is 6.10 Å². The number of fused-ring (bicyclic) bond motifs is 1. The van der Waals surface area contributed by atoms with Crippen LogP contribution in [0, 0.1) is 5.92 Å². The van der Waals surface area contributed by atoms with Gasteiger partial charge in [0.25, 0.3) is 0 Å². The molecule has 108 valence electrons. The van der Waals surface area contributed by atoms with Gasteiger partial charge in [-0.1, -0.05) is 37.5 Å². The van der Waals surface area contributed by atoms with Crippen LogP contribution < -0.4 is 0 Å². The second-order valence-corrected chi connectivity index (χ2v) is 6.44. The van der Waals surface area contributed by atoms with Crippen molar-refractivity contribution in [1.29, 1.82) is 0 Å². The zero-order chi connectivity index (χ0) is 13.9. The molecule has 2 aliphatic rings. The van der Waals surface area contributed by atoms with Gasteiger partial charge in [0.05, 0.1) is 0 Å². The van der Waals surface area contributed by atoms with Crippen LogP contribution in [0.5, 0.6) is 0 Å². The fraction of sp³-hybridized carbons (Fsp3) is 0.611. The minimum Gasteiger partial charge on any atom is -0.385 e. The Hall–Kier alpha value is -1.15. The van der Waals surface area contributed by atoms with E-state index >= 15 is 0 Å². The number of Topliss-reactive ketones (excluding diaryl/α,β-unsaturated/α-hetero) is 1. The highest BCUT2D eigenvalue weighted by molar-refractivity contribution is 5.85. The standard InChI is InChI=1S/C18H24O2/c19-17(18(20)15-5-2-1-3-6-15)12-13-9-10-14-7-4-8-16(14)11-13/h9-11,15,18,20H,1-8,12H2. The molecular formula is C18H24O2. The summed E-state index contributed by atoms with van der Waals surface area (Å²) in [5.41, 5.74) is 3.92. The summed E-state index contributed by atoms with van der Waals surface area (Å²) in [6.45, 7) is 0. The highest BCUT2D eigenvalue weighted by atomic mass is 16.3. The molecule has 2 aliphatic carbocycles. The number of carbonyl (C=O) groups is 1. The number of hydrogen-bond donors (Lipinski definition) is 1. The number of aliphatic hydroxyl groups excluding tert-OH is 1. The maximum absolute atomic E-state index is 12.3. The molecule has 3 rings (SSSR count). The van der Waals surface area contributed by atoms with Crippen molar-refractivity contribution in [3.05, 3.63) is 34.9 Å².